The van der Waals surface area contributed by atoms with Gasteiger partial charge in [-0.25, -0.2) is 0 Å². The fraction of sp³-hybridized carbons (Fsp3) is 0.474. The van der Waals surface area contributed by atoms with E-state index in [1.54, 1.807) is 0 Å². The van der Waals surface area contributed by atoms with Crippen LogP contribution >= 0.6 is 0 Å². The maximum atomic E-state index is 12.4. The van der Waals surface area contributed by atoms with Crippen molar-refractivity contribution in [1.82, 2.24) is 15.1 Å². The summed E-state index contributed by atoms with van der Waals surface area (Å²) in [7, 11) is 0. The molecule has 2 aliphatic rings. The fourth-order valence-electron chi connectivity index (χ4n) is 3.71. The lowest BCUT2D eigenvalue weighted by Gasteiger charge is -2.25. The molecule has 2 heterocycles. The van der Waals surface area contributed by atoms with Crippen molar-refractivity contribution < 1.29 is 9.53 Å². The van der Waals surface area contributed by atoms with E-state index in [4.69, 9.17) is 4.74 Å². The van der Waals surface area contributed by atoms with Crippen molar-refractivity contribution in [2.75, 3.05) is 6.61 Å². The van der Waals surface area contributed by atoms with Crippen LogP contribution in [0.15, 0.2) is 36.5 Å². The van der Waals surface area contributed by atoms with Crippen LogP contribution in [0.2, 0.25) is 0 Å². The van der Waals surface area contributed by atoms with Gasteiger partial charge in [0.05, 0.1) is 18.8 Å². The van der Waals surface area contributed by atoms with Gasteiger partial charge in [0.25, 0.3) is 0 Å². The van der Waals surface area contributed by atoms with Gasteiger partial charge in [0.1, 0.15) is 6.10 Å². The van der Waals surface area contributed by atoms with Gasteiger partial charge < -0.3 is 10.1 Å². The van der Waals surface area contributed by atoms with E-state index in [1.807, 2.05) is 12.3 Å². The first-order chi connectivity index (χ1) is 11.8. The van der Waals surface area contributed by atoms with Gasteiger partial charge >= 0.3 is 0 Å². The van der Waals surface area contributed by atoms with Crippen LogP contribution in [0.3, 0.4) is 0 Å². The van der Waals surface area contributed by atoms with Gasteiger partial charge in [-0.15, -0.1) is 0 Å². The molecule has 1 aromatic carbocycles. The summed E-state index contributed by atoms with van der Waals surface area (Å²) in [4.78, 5) is 12.4. The van der Waals surface area contributed by atoms with Crippen molar-refractivity contribution in [2.45, 2.75) is 50.8 Å². The molecule has 0 bridgehead atoms. The summed E-state index contributed by atoms with van der Waals surface area (Å²) in [5.74, 6) is 0.0289. The zero-order chi connectivity index (χ0) is 16.4. The van der Waals surface area contributed by atoms with E-state index >= 15 is 0 Å². The normalized spacial score (nSPS) is 23.0. The number of amides is 1. The molecule has 5 heteroatoms. The van der Waals surface area contributed by atoms with Gasteiger partial charge in [-0.1, -0.05) is 30.3 Å². The van der Waals surface area contributed by atoms with Crippen LogP contribution in [-0.4, -0.2) is 28.4 Å². The summed E-state index contributed by atoms with van der Waals surface area (Å²) >= 11 is 0. The molecule has 1 aromatic heterocycles. The Morgan fingerprint density at radius 1 is 1.25 bits per heavy atom. The number of carbonyl (C=O) groups excluding carboxylic acids is 1. The monoisotopic (exact) mass is 325 g/mol. The first-order valence-corrected chi connectivity index (χ1v) is 8.82. The maximum Gasteiger partial charge on any atom is 0.249 e. The first kappa shape index (κ1) is 15.4. The van der Waals surface area contributed by atoms with Gasteiger partial charge in [0, 0.05) is 17.9 Å². The summed E-state index contributed by atoms with van der Waals surface area (Å²) < 4.78 is 7.57. The molecule has 5 nitrogen and oxygen atoms in total. The predicted molar refractivity (Wildman–Crippen MR) is 90.6 cm³/mol. The van der Waals surface area contributed by atoms with Crippen LogP contribution in [0.1, 0.15) is 48.5 Å². The zero-order valence-electron chi connectivity index (χ0n) is 13.8. The molecule has 1 saturated heterocycles. The Labute approximate surface area is 142 Å². The van der Waals surface area contributed by atoms with Crippen molar-refractivity contribution >= 4 is 5.91 Å². The third kappa shape index (κ3) is 3.08. The number of ether oxygens (including phenoxy) is 1. The highest BCUT2D eigenvalue weighted by atomic mass is 16.5. The van der Waals surface area contributed by atoms with E-state index in [0.717, 1.165) is 38.6 Å². The third-order valence-corrected chi connectivity index (χ3v) is 4.98. The molecule has 1 amide bonds. The van der Waals surface area contributed by atoms with Crippen LogP contribution in [0.4, 0.5) is 0 Å². The lowest BCUT2D eigenvalue weighted by Crippen LogP contribution is -2.38. The van der Waals surface area contributed by atoms with E-state index in [1.165, 1.54) is 16.8 Å². The standard InChI is InChI=1S/C19H23N3O2/c23-19(18-10-5-11-24-18)21-16-8-4-9-17-15(16)12-20-22(17)13-14-6-2-1-3-7-14/h1-3,6-7,12,16,18H,4-5,8-11,13H2,(H,21,23)/t16-,18+/m0/s1. The topological polar surface area (TPSA) is 56.2 Å². The third-order valence-electron chi connectivity index (χ3n) is 4.98. The van der Waals surface area contributed by atoms with Gasteiger partial charge in [0.2, 0.25) is 5.91 Å². The van der Waals surface area contributed by atoms with Crippen LogP contribution in [0.25, 0.3) is 0 Å². The fourth-order valence-corrected chi connectivity index (χ4v) is 3.71. The number of hydrogen-bond donors (Lipinski definition) is 1. The van der Waals surface area contributed by atoms with Gasteiger partial charge in [-0.2, -0.15) is 5.10 Å². The number of hydrogen-bond acceptors (Lipinski definition) is 3. The Balaban J connectivity index is 1.50. The SMILES string of the molecule is O=C(N[C@H]1CCCc2c1cnn2Cc1ccccc1)[C@H]1CCCO1. The largest absolute Gasteiger partial charge is 0.368 e. The van der Waals surface area contributed by atoms with E-state index in [-0.39, 0.29) is 18.1 Å². The smallest absolute Gasteiger partial charge is 0.249 e. The number of carbonyl (C=O) groups is 1. The molecule has 4 rings (SSSR count). The molecule has 1 N–H and O–H groups in total. The minimum Gasteiger partial charge on any atom is -0.368 e. The van der Waals surface area contributed by atoms with Crippen molar-refractivity contribution in [2.24, 2.45) is 0 Å². The summed E-state index contributed by atoms with van der Waals surface area (Å²) in [6.07, 6.45) is 6.54. The Hall–Kier alpha value is -2.14. The Morgan fingerprint density at radius 3 is 2.92 bits per heavy atom. The average Bonchev–Trinajstić information content (AvgIpc) is 3.27. The van der Waals surface area contributed by atoms with E-state index in [0.29, 0.717) is 6.61 Å². The second-order valence-corrected chi connectivity index (χ2v) is 6.64. The summed E-state index contributed by atoms with van der Waals surface area (Å²) in [5.41, 5.74) is 3.67. The molecule has 0 saturated carbocycles. The van der Waals surface area contributed by atoms with Crippen LogP contribution in [0.5, 0.6) is 0 Å². The minimum absolute atomic E-state index is 0.0289. The molecule has 126 valence electrons. The molecule has 0 radical (unpaired) electrons. The number of benzene rings is 1. The van der Waals surface area contributed by atoms with Crippen molar-refractivity contribution in [3.8, 4) is 0 Å². The van der Waals surface area contributed by atoms with Gasteiger partial charge in [-0.3, -0.25) is 9.48 Å². The lowest BCUT2D eigenvalue weighted by molar-refractivity contribution is -0.130. The van der Waals surface area contributed by atoms with Gasteiger partial charge in [0.15, 0.2) is 0 Å². The summed E-state index contributed by atoms with van der Waals surface area (Å²) in [5, 5.41) is 7.76. The maximum absolute atomic E-state index is 12.4. The van der Waals surface area contributed by atoms with Crippen LogP contribution in [0, 0.1) is 0 Å². The molecule has 1 aliphatic carbocycles. The highest BCUT2D eigenvalue weighted by molar-refractivity contribution is 5.81. The highest BCUT2D eigenvalue weighted by Crippen LogP contribution is 2.30. The molecular formula is C19H23N3O2. The van der Waals surface area contributed by atoms with Crippen LogP contribution in [-0.2, 0) is 22.5 Å². The molecule has 0 spiro atoms. The Morgan fingerprint density at radius 2 is 2.12 bits per heavy atom. The Kier molecular flexibility index (Phi) is 4.34. The van der Waals surface area contributed by atoms with E-state index in [2.05, 4.69) is 39.4 Å². The number of fused-ring (bicyclic) bond motifs is 1. The van der Waals surface area contributed by atoms with Crippen molar-refractivity contribution in [3.63, 3.8) is 0 Å². The number of aromatic nitrogens is 2. The van der Waals surface area contributed by atoms with Gasteiger partial charge in [-0.05, 0) is 37.7 Å². The second kappa shape index (κ2) is 6.77. The molecular weight excluding hydrogens is 302 g/mol. The predicted octanol–water partition coefficient (Wildman–Crippen LogP) is 2.60. The molecule has 1 fully saturated rings. The number of nitrogens with zero attached hydrogens (tertiary/aromatic N) is 2. The van der Waals surface area contributed by atoms with Crippen molar-refractivity contribution in [3.05, 3.63) is 53.3 Å². The second-order valence-electron chi connectivity index (χ2n) is 6.64. The summed E-state index contributed by atoms with van der Waals surface area (Å²) in [6.45, 7) is 1.48. The molecule has 1 aliphatic heterocycles. The van der Waals surface area contributed by atoms with Crippen molar-refractivity contribution in [1.29, 1.82) is 0 Å². The molecule has 24 heavy (non-hydrogen) atoms. The Bertz CT molecular complexity index is 705. The van der Waals surface area contributed by atoms with E-state index < -0.39 is 0 Å². The summed E-state index contributed by atoms with van der Waals surface area (Å²) in [6, 6.07) is 10.4. The number of rotatable bonds is 4. The molecule has 0 unspecified atom stereocenters. The lowest BCUT2D eigenvalue weighted by atomic mass is 9.92. The molecule has 2 aromatic rings. The average molecular weight is 325 g/mol. The van der Waals surface area contributed by atoms with Crippen LogP contribution < -0.4 is 5.32 Å². The first-order valence-electron chi connectivity index (χ1n) is 8.82. The molecule has 2 atom stereocenters. The quantitative estimate of drug-likeness (QED) is 0.940. The minimum atomic E-state index is -0.269. The zero-order valence-corrected chi connectivity index (χ0v) is 13.8. The highest BCUT2D eigenvalue weighted by Gasteiger charge is 2.29. The van der Waals surface area contributed by atoms with E-state index in [9.17, 15) is 4.79 Å². The number of nitrogens with one attached hydrogen (secondary N) is 1.